The van der Waals surface area contributed by atoms with Gasteiger partial charge < -0.3 is 10.0 Å². The zero-order chi connectivity index (χ0) is 16.2. The summed E-state index contributed by atoms with van der Waals surface area (Å²) in [6, 6.07) is 13.2. The Morgan fingerprint density at radius 3 is 2.65 bits per heavy atom. The molecule has 1 N–H and O–H groups in total. The van der Waals surface area contributed by atoms with E-state index in [0.717, 1.165) is 12.0 Å². The quantitative estimate of drug-likeness (QED) is 0.915. The van der Waals surface area contributed by atoms with Crippen molar-refractivity contribution in [1.82, 2.24) is 4.90 Å². The molecule has 1 fully saturated rings. The second kappa shape index (κ2) is 6.96. The van der Waals surface area contributed by atoms with Crippen LogP contribution in [0, 0.1) is 5.92 Å². The van der Waals surface area contributed by atoms with Gasteiger partial charge in [0.05, 0.1) is 12.0 Å². The molecule has 4 nitrogen and oxygen atoms in total. The molecule has 23 heavy (non-hydrogen) atoms. The Balaban J connectivity index is 1.87. The van der Waals surface area contributed by atoms with Crippen molar-refractivity contribution in [2.24, 2.45) is 5.92 Å². The van der Waals surface area contributed by atoms with Crippen molar-refractivity contribution in [1.29, 1.82) is 0 Å². The van der Waals surface area contributed by atoms with Crippen molar-refractivity contribution in [3.05, 3.63) is 58.3 Å². The molecule has 1 saturated heterocycles. The summed E-state index contributed by atoms with van der Waals surface area (Å²) >= 11 is 1.66. The number of rotatable bonds is 5. The lowest BCUT2D eigenvalue weighted by atomic mass is 9.84. The Morgan fingerprint density at radius 1 is 1.22 bits per heavy atom. The first-order chi connectivity index (χ1) is 11.2. The van der Waals surface area contributed by atoms with E-state index in [-0.39, 0.29) is 11.9 Å². The maximum atomic E-state index is 12.4. The Bertz CT molecular complexity index is 669. The number of likely N-dealkylation sites (tertiary alicyclic amines) is 1. The van der Waals surface area contributed by atoms with Crippen LogP contribution in [0.3, 0.4) is 0 Å². The number of thiophene rings is 1. The van der Waals surface area contributed by atoms with Crippen LogP contribution in [0.15, 0.2) is 47.8 Å². The largest absolute Gasteiger partial charge is 0.481 e. The molecule has 1 aliphatic rings. The van der Waals surface area contributed by atoms with Crippen LogP contribution < -0.4 is 0 Å². The van der Waals surface area contributed by atoms with Crippen molar-refractivity contribution < 1.29 is 14.7 Å². The zero-order valence-electron chi connectivity index (χ0n) is 12.7. The van der Waals surface area contributed by atoms with Gasteiger partial charge >= 0.3 is 5.97 Å². The van der Waals surface area contributed by atoms with E-state index < -0.39 is 11.9 Å². The van der Waals surface area contributed by atoms with Gasteiger partial charge in [-0.05, 0) is 29.9 Å². The minimum absolute atomic E-state index is 0.0490. The van der Waals surface area contributed by atoms with Crippen LogP contribution in [0.1, 0.15) is 29.3 Å². The number of nitrogens with zero attached hydrogens (tertiary/aromatic N) is 1. The lowest BCUT2D eigenvalue weighted by Gasteiger charge is -2.39. The average Bonchev–Trinajstić information content (AvgIpc) is 3.07. The number of amides is 1. The fraction of sp³-hybridized carbons (Fsp3) is 0.333. The average molecular weight is 329 g/mol. The molecule has 3 rings (SSSR count). The first-order valence-electron chi connectivity index (χ1n) is 7.76. The van der Waals surface area contributed by atoms with Crippen molar-refractivity contribution in [3.63, 3.8) is 0 Å². The van der Waals surface area contributed by atoms with Gasteiger partial charge in [0.2, 0.25) is 5.91 Å². The van der Waals surface area contributed by atoms with Crippen molar-refractivity contribution in [2.75, 3.05) is 6.54 Å². The van der Waals surface area contributed by atoms with Gasteiger partial charge in [-0.15, -0.1) is 11.3 Å². The van der Waals surface area contributed by atoms with Crippen LogP contribution in [-0.4, -0.2) is 28.4 Å². The topological polar surface area (TPSA) is 57.6 Å². The number of carbonyl (C=O) groups excluding carboxylic acids is 1. The monoisotopic (exact) mass is 329 g/mol. The highest BCUT2D eigenvalue weighted by molar-refractivity contribution is 7.09. The summed E-state index contributed by atoms with van der Waals surface area (Å²) in [5.74, 6) is -1.32. The van der Waals surface area contributed by atoms with E-state index in [1.54, 1.807) is 16.2 Å². The third kappa shape index (κ3) is 3.45. The van der Waals surface area contributed by atoms with Gasteiger partial charge in [-0.1, -0.05) is 36.4 Å². The number of hydrogen-bond donors (Lipinski definition) is 1. The fourth-order valence-electron chi connectivity index (χ4n) is 3.22. The number of carbonyl (C=O) groups is 2. The second-order valence-electron chi connectivity index (χ2n) is 5.76. The van der Waals surface area contributed by atoms with E-state index >= 15 is 0 Å². The van der Waals surface area contributed by atoms with Crippen LogP contribution in [-0.2, 0) is 16.0 Å². The second-order valence-corrected chi connectivity index (χ2v) is 6.79. The fourth-order valence-corrected chi connectivity index (χ4v) is 3.92. The summed E-state index contributed by atoms with van der Waals surface area (Å²) in [6.07, 6.45) is 1.48. The molecular formula is C18H19NO3S. The van der Waals surface area contributed by atoms with Crippen LogP contribution >= 0.6 is 11.3 Å². The SMILES string of the molecule is O=C(O)[C@H]1CCC(=O)N(CCc2cccs2)[C@@H]1c1ccccc1. The third-order valence-electron chi connectivity index (χ3n) is 4.34. The molecule has 1 amide bonds. The van der Waals surface area contributed by atoms with E-state index in [4.69, 9.17) is 0 Å². The number of carboxylic acid groups (broad SMARTS) is 1. The Morgan fingerprint density at radius 2 is 2.00 bits per heavy atom. The van der Waals surface area contributed by atoms with Gasteiger partial charge in [-0.3, -0.25) is 9.59 Å². The van der Waals surface area contributed by atoms with Crippen LogP contribution in [0.2, 0.25) is 0 Å². The highest BCUT2D eigenvalue weighted by Crippen LogP contribution is 2.37. The van der Waals surface area contributed by atoms with Gasteiger partial charge in [0.15, 0.2) is 0 Å². The first-order valence-corrected chi connectivity index (χ1v) is 8.64. The normalized spacial score (nSPS) is 21.4. The number of aliphatic carboxylic acids is 1. The molecule has 1 aliphatic heterocycles. The van der Waals surface area contributed by atoms with Crippen LogP contribution in [0.4, 0.5) is 0 Å². The van der Waals surface area contributed by atoms with E-state index in [2.05, 4.69) is 0 Å². The van der Waals surface area contributed by atoms with E-state index in [1.165, 1.54) is 4.88 Å². The Kier molecular flexibility index (Phi) is 4.76. The van der Waals surface area contributed by atoms with E-state index in [9.17, 15) is 14.7 Å². The Labute approximate surface area is 139 Å². The number of piperidine rings is 1. The van der Waals surface area contributed by atoms with Crippen LogP contribution in [0.5, 0.6) is 0 Å². The molecule has 120 valence electrons. The molecule has 2 atom stereocenters. The molecule has 2 aromatic rings. The molecule has 0 aliphatic carbocycles. The molecule has 0 saturated carbocycles. The lowest BCUT2D eigenvalue weighted by Crippen LogP contribution is -2.46. The number of benzene rings is 1. The molecule has 0 unspecified atom stereocenters. The maximum Gasteiger partial charge on any atom is 0.308 e. The van der Waals surface area contributed by atoms with Crippen molar-refractivity contribution >= 4 is 23.2 Å². The van der Waals surface area contributed by atoms with Gasteiger partial charge in [0.25, 0.3) is 0 Å². The maximum absolute atomic E-state index is 12.4. The van der Waals surface area contributed by atoms with Crippen molar-refractivity contribution in [2.45, 2.75) is 25.3 Å². The van der Waals surface area contributed by atoms with Gasteiger partial charge in [0, 0.05) is 17.8 Å². The number of carboxylic acids is 1. The highest BCUT2D eigenvalue weighted by atomic mass is 32.1. The number of hydrogen-bond acceptors (Lipinski definition) is 3. The summed E-state index contributed by atoms with van der Waals surface area (Å²) < 4.78 is 0. The summed E-state index contributed by atoms with van der Waals surface area (Å²) in [4.78, 5) is 27.1. The Hall–Kier alpha value is -2.14. The molecule has 0 spiro atoms. The molecular weight excluding hydrogens is 310 g/mol. The zero-order valence-corrected chi connectivity index (χ0v) is 13.5. The summed E-state index contributed by atoms with van der Waals surface area (Å²) in [7, 11) is 0. The molecule has 1 aromatic heterocycles. The minimum Gasteiger partial charge on any atom is -0.481 e. The van der Waals surface area contributed by atoms with Gasteiger partial charge in [-0.25, -0.2) is 0 Å². The molecule has 2 heterocycles. The summed E-state index contributed by atoms with van der Waals surface area (Å²) in [5.41, 5.74) is 0.902. The minimum atomic E-state index is -0.826. The summed E-state index contributed by atoms with van der Waals surface area (Å²) in [6.45, 7) is 0.558. The smallest absolute Gasteiger partial charge is 0.308 e. The standard InChI is InChI=1S/C18H19NO3S/c20-16-9-8-15(18(21)22)17(13-5-2-1-3-6-13)19(16)11-10-14-7-4-12-23-14/h1-7,12,15,17H,8-11H2,(H,21,22)/t15-,17+/m0/s1. The molecule has 0 radical (unpaired) electrons. The van der Waals surface area contributed by atoms with Crippen molar-refractivity contribution in [3.8, 4) is 0 Å². The predicted octanol–water partition coefficient (Wildman–Crippen LogP) is 3.36. The van der Waals surface area contributed by atoms with Crippen LogP contribution in [0.25, 0.3) is 0 Å². The highest BCUT2D eigenvalue weighted by Gasteiger charge is 2.40. The molecule has 0 bridgehead atoms. The predicted molar refractivity (Wildman–Crippen MR) is 89.3 cm³/mol. The lowest BCUT2D eigenvalue weighted by molar-refractivity contribution is -0.152. The van der Waals surface area contributed by atoms with E-state index in [0.29, 0.717) is 19.4 Å². The first kappa shape index (κ1) is 15.7. The van der Waals surface area contributed by atoms with E-state index in [1.807, 2.05) is 47.8 Å². The van der Waals surface area contributed by atoms with Gasteiger partial charge in [-0.2, -0.15) is 0 Å². The van der Waals surface area contributed by atoms with Gasteiger partial charge in [0.1, 0.15) is 0 Å². The molecule has 5 heteroatoms. The third-order valence-corrected chi connectivity index (χ3v) is 5.28. The molecule has 1 aromatic carbocycles. The summed E-state index contributed by atoms with van der Waals surface area (Å²) in [5, 5.41) is 11.6.